The van der Waals surface area contributed by atoms with E-state index >= 15 is 0 Å². The third-order valence-corrected chi connectivity index (χ3v) is 3.83. The molecule has 0 unspecified atom stereocenters. The number of carbonyl (C=O) groups excluding carboxylic acids is 1. The number of rotatable bonds is 5. The summed E-state index contributed by atoms with van der Waals surface area (Å²) in [6.07, 6.45) is 0. The molecule has 0 spiro atoms. The molecule has 122 valence electrons. The van der Waals surface area contributed by atoms with E-state index < -0.39 is 23.3 Å². The van der Waals surface area contributed by atoms with Crippen LogP contribution in [0.25, 0.3) is 0 Å². The number of halogens is 4. The van der Waals surface area contributed by atoms with E-state index in [9.17, 15) is 22.4 Å². The lowest BCUT2D eigenvalue weighted by Gasteiger charge is -2.21. The van der Waals surface area contributed by atoms with Gasteiger partial charge in [0.1, 0.15) is 0 Å². The van der Waals surface area contributed by atoms with Crippen LogP contribution in [0.4, 0.5) is 23.2 Å². The monoisotopic (exact) mass is 343 g/mol. The summed E-state index contributed by atoms with van der Waals surface area (Å²) in [5.41, 5.74) is 0.498. The van der Waals surface area contributed by atoms with Crippen molar-refractivity contribution in [3.8, 4) is 0 Å². The van der Waals surface area contributed by atoms with Crippen molar-refractivity contribution < 1.29 is 22.4 Å². The lowest BCUT2D eigenvalue weighted by molar-refractivity contribution is 0.0988. The van der Waals surface area contributed by atoms with Crippen molar-refractivity contribution >= 4 is 23.4 Å². The lowest BCUT2D eigenvalue weighted by atomic mass is 10.1. The summed E-state index contributed by atoms with van der Waals surface area (Å²) >= 11 is 0.383. The number of hydrogen-bond donors (Lipinski definition) is 0. The van der Waals surface area contributed by atoms with E-state index in [2.05, 4.69) is 0 Å². The molecule has 0 saturated heterocycles. The smallest absolute Gasteiger partial charge is 0.288 e. The van der Waals surface area contributed by atoms with Crippen LogP contribution in [0.2, 0.25) is 0 Å². The standard InChI is InChI=1S/C16H13F4NOS/c1-2-21(11-5-8-13(17)14(18)9-11)15(22)10-3-6-12(7-4-10)23-16(19)20/h3-9,16H,2H2,1H3. The van der Waals surface area contributed by atoms with Crippen molar-refractivity contribution in [3.05, 3.63) is 59.7 Å². The van der Waals surface area contributed by atoms with Gasteiger partial charge in [0.25, 0.3) is 11.7 Å². The number of anilines is 1. The first-order valence-electron chi connectivity index (χ1n) is 6.74. The van der Waals surface area contributed by atoms with Crippen molar-refractivity contribution in [1.82, 2.24) is 0 Å². The molecule has 7 heteroatoms. The van der Waals surface area contributed by atoms with Gasteiger partial charge >= 0.3 is 0 Å². The predicted molar refractivity (Wildman–Crippen MR) is 82.0 cm³/mol. The first-order chi connectivity index (χ1) is 10.9. The van der Waals surface area contributed by atoms with Crippen LogP contribution in [-0.2, 0) is 0 Å². The summed E-state index contributed by atoms with van der Waals surface area (Å²) in [4.78, 5) is 14.1. The molecule has 0 saturated carbocycles. The van der Waals surface area contributed by atoms with Crippen LogP contribution < -0.4 is 4.90 Å². The fraction of sp³-hybridized carbons (Fsp3) is 0.188. The average molecular weight is 343 g/mol. The molecule has 2 nitrogen and oxygen atoms in total. The van der Waals surface area contributed by atoms with Crippen LogP contribution in [0.5, 0.6) is 0 Å². The number of nitrogens with zero attached hydrogens (tertiary/aromatic N) is 1. The minimum atomic E-state index is -2.54. The Morgan fingerprint density at radius 1 is 1.09 bits per heavy atom. The second kappa shape index (κ2) is 7.50. The predicted octanol–water partition coefficient (Wildman–Crippen LogP) is 4.95. The van der Waals surface area contributed by atoms with E-state index in [-0.39, 0.29) is 17.8 Å². The number of carbonyl (C=O) groups is 1. The first kappa shape index (κ1) is 17.3. The molecule has 0 N–H and O–H groups in total. The summed E-state index contributed by atoms with van der Waals surface area (Å²) in [5, 5.41) is 0. The molecule has 0 aliphatic carbocycles. The minimum Gasteiger partial charge on any atom is -0.309 e. The molecule has 2 aromatic rings. The molecule has 0 atom stereocenters. The van der Waals surface area contributed by atoms with Crippen LogP contribution in [-0.4, -0.2) is 18.2 Å². The van der Waals surface area contributed by atoms with Crippen LogP contribution >= 0.6 is 11.8 Å². The highest BCUT2D eigenvalue weighted by atomic mass is 32.2. The van der Waals surface area contributed by atoms with Crippen LogP contribution in [0.3, 0.4) is 0 Å². The normalized spacial score (nSPS) is 10.9. The molecule has 2 rings (SSSR count). The summed E-state index contributed by atoms with van der Waals surface area (Å²) in [7, 11) is 0. The van der Waals surface area contributed by atoms with Gasteiger partial charge in [-0.15, -0.1) is 0 Å². The van der Waals surface area contributed by atoms with Gasteiger partial charge in [0.05, 0.1) is 0 Å². The zero-order valence-electron chi connectivity index (χ0n) is 12.1. The molecule has 0 bridgehead atoms. The maximum Gasteiger partial charge on any atom is 0.288 e. The highest BCUT2D eigenvalue weighted by Gasteiger charge is 2.18. The van der Waals surface area contributed by atoms with Crippen molar-refractivity contribution in [2.45, 2.75) is 17.6 Å². The quantitative estimate of drug-likeness (QED) is 0.566. The summed E-state index contributed by atoms with van der Waals surface area (Å²) < 4.78 is 50.9. The number of hydrogen-bond acceptors (Lipinski definition) is 2. The number of alkyl halides is 2. The van der Waals surface area contributed by atoms with Gasteiger partial charge in [-0.05, 0) is 43.3 Å². The first-order valence-corrected chi connectivity index (χ1v) is 7.62. The molecular formula is C16H13F4NOS. The molecular weight excluding hydrogens is 330 g/mol. The Labute approximate surface area is 135 Å². The van der Waals surface area contributed by atoms with E-state index in [1.165, 1.54) is 35.2 Å². The molecule has 0 heterocycles. The maximum absolute atomic E-state index is 13.3. The molecule has 0 aliphatic rings. The third kappa shape index (κ3) is 4.25. The highest BCUT2D eigenvalue weighted by molar-refractivity contribution is 7.99. The van der Waals surface area contributed by atoms with Gasteiger partial charge in [-0.3, -0.25) is 4.79 Å². The van der Waals surface area contributed by atoms with Gasteiger partial charge in [-0.1, -0.05) is 11.8 Å². The SMILES string of the molecule is CCN(C(=O)c1ccc(SC(F)F)cc1)c1ccc(F)c(F)c1. The van der Waals surface area contributed by atoms with Crippen LogP contribution in [0.15, 0.2) is 47.4 Å². The highest BCUT2D eigenvalue weighted by Crippen LogP contribution is 2.26. The third-order valence-electron chi connectivity index (χ3n) is 3.10. The second-order valence-electron chi connectivity index (χ2n) is 4.55. The summed E-state index contributed by atoms with van der Waals surface area (Å²) in [6, 6.07) is 8.89. The van der Waals surface area contributed by atoms with Crippen LogP contribution in [0, 0.1) is 11.6 Å². The Kier molecular flexibility index (Phi) is 5.65. The van der Waals surface area contributed by atoms with E-state index in [1.54, 1.807) is 6.92 Å². The van der Waals surface area contributed by atoms with Gasteiger partial charge in [-0.25, -0.2) is 8.78 Å². The Bertz CT molecular complexity index is 691. The van der Waals surface area contributed by atoms with Gasteiger partial charge < -0.3 is 4.90 Å². The van der Waals surface area contributed by atoms with E-state index in [1.807, 2.05) is 0 Å². The van der Waals surface area contributed by atoms with Gasteiger partial charge in [0.2, 0.25) is 0 Å². The second-order valence-corrected chi connectivity index (χ2v) is 5.61. The van der Waals surface area contributed by atoms with Crippen LogP contribution in [0.1, 0.15) is 17.3 Å². The Balaban J connectivity index is 2.23. The molecule has 0 aliphatic heterocycles. The number of thioether (sulfide) groups is 1. The van der Waals surface area contributed by atoms with Crippen molar-refractivity contribution in [2.75, 3.05) is 11.4 Å². The minimum absolute atomic E-state index is 0.224. The zero-order valence-corrected chi connectivity index (χ0v) is 12.9. The number of benzene rings is 2. The fourth-order valence-electron chi connectivity index (χ4n) is 2.03. The molecule has 0 aromatic heterocycles. The van der Waals surface area contributed by atoms with Gasteiger partial charge in [0, 0.05) is 28.8 Å². The zero-order chi connectivity index (χ0) is 17.0. The Morgan fingerprint density at radius 2 is 1.74 bits per heavy atom. The average Bonchev–Trinajstić information content (AvgIpc) is 2.51. The van der Waals surface area contributed by atoms with Gasteiger partial charge in [-0.2, -0.15) is 8.78 Å². The Hall–Kier alpha value is -2.02. The Morgan fingerprint density at radius 3 is 2.26 bits per heavy atom. The summed E-state index contributed by atoms with van der Waals surface area (Å²) in [5.74, 6) is -5.00. The van der Waals surface area contributed by atoms with E-state index in [4.69, 9.17) is 0 Å². The lowest BCUT2D eigenvalue weighted by Crippen LogP contribution is -2.30. The fourth-order valence-corrected chi connectivity index (χ4v) is 2.53. The van der Waals surface area contributed by atoms with Crippen molar-refractivity contribution in [2.24, 2.45) is 0 Å². The largest absolute Gasteiger partial charge is 0.309 e. The van der Waals surface area contributed by atoms with Gasteiger partial charge in [0.15, 0.2) is 11.6 Å². The molecule has 0 fully saturated rings. The van der Waals surface area contributed by atoms with E-state index in [0.717, 1.165) is 12.1 Å². The maximum atomic E-state index is 13.3. The van der Waals surface area contributed by atoms with Crippen molar-refractivity contribution in [3.63, 3.8) is 0 Å². The topological polar surface area (TPSA) is 20.3 Å². The summed E-state index contributed by atoms with van der Waals surface area (Å²) in [6.45, 7) is 1.94. The molecule has 23 heavy (non-hydrogen) atoms. The number of amides is 1. The van der Waals surface area contributed by atoms with Crippen molar-refractivity contribution in [1.29, 1.82) is 0 Å². The molecule has 2 aromatic carbocycles. The van der Waals surface area contributed by atoms with E-state index in [0.29, 0.717) is 16.7 Å². The molecule has 1 amide bonds. The molecule has 0 radical (unpaired) electrons.